The zero-order valence-electron chi connectivity index (χ0n) is 20.4. The molecule has 0 spiro atoms. The summed E-state index contributed by atoms with van der Waals surface area (Å²) in [5, 5.41) is 10.4. The topological polar surface area (TPSA) is 83.2 Å². The number of ether oxygens (including phenoxy) is 1. The highest BCUT2D eigenvalue weighted by molar-refractivity contribution is 5.56. The van der Waals surface area contributed by atoms with Crippen molar-refractivity contribution >= 4 is 5.52 Å². The molecule has 0 amide bonds. The van der Waals surface area contributed by atoms with E-state index in [1.54, 1.807) is 0 Å². The van der Waals surface area contributed by atoms with E-state index < -0.39 is 23.0 Å². The highest BCUT2D eigenvalue weighted by Gasteiger charge is 2.49. The van der Waals surface area contributed by atoms with Crippen LogP contribution in [0.5, 0.6) is 0 Å². The number of nitrogens with one attached hydrogen (secondary N) is 2. The summed E-state index contributed by atoms with van der Waals surface area (Å²) in [5.74, 6) is 0.315. The minimum Gasteiger partial charge on any atom is -0.386 e. The lowest BCUT2D eigenvalue weighted by atomic mass is 9.64. The molecule has 8 nitrogen and oxygen atoms in total. The van der Waals surface area contributed by atoms with E-state index in [1.807, 2.05) is 0 Å². The van der Waals surface area contributed by atoms with Gasteiger partial charge in [-0.25, -0.2) is 15.6 Å². The van der Waals surface area contributed by atoms with Crippen LogP contribution in [0.1, 0.15) is 63.1 Å². The first-order valence-electron chi connectivity index (χ1n) is 12.2. The Labute approximate surface area is 202 Å². The van der Waals surface area contributed by atoms with Crippen molar-refractivity contribution in [3.8, 4) is 0 Å². The molecule has 0 aromatic carbocycles. The maximum atomic E-state index is 13.9. The third kappa shape index (κ3) is 4.42. The molecule has 5 rings (SSSR count). The zero-order valence-corrected chi connectivity index (χ0v) is 20.4. The van der Waals surface area contributed by atoms with Gasteiger partial charge in [0, 0.05) is 29.4 Å². The van der Waals surface area contributed by atoms with Crippen molar-refractivity contribution in [3.05, 3.63) is 40.1 Å². The van der Waals surface area contributed by atoms with Gasteiger partial charge in [0.05, 0.1) is 42.7 Å². The summed E-state index contributed by atoms with van der Waals surface area (Å²) < 4.78 is 50.0. The number of aromatic nitrogens is 2. The molecule has 3 aliphatic rings. The SMILES string of the molecule is CN1CNNC1CC1(C2CCCC(n3cc4c(C(F)(F)F)cc(C(C)(C)O)cn4c3=O)C2)COC1. The lowest BCUT2D eigenvalue weighted by molar-refractivity contribution is -0.167. The average Bonchev–Trinajstić information content (AvgIpc) is 3.31. The van der Waals surface area contributed by atoms with Crippen molar-refractivity contribution in [2.45, 2.75) is 69.9 Å². The minimum atomic E-state index is -4.65. The number of hydrazine groups is 1. The summed E-state index contributed by atoms with van der Waals surface area (Å²) in [7, 11) is 2.06. The van der Waals surface area contributed by atoms with Crippen LogP contribution in [0, 0.1) is 11.3 Å². The van der Waals surface area contributed by atoms with Crippen LogP contribution in [0.25, 0.3) is 5.52 Å². The Morgan fingerprint density at radius 2 is 1.97 bits per heavy atom. The molecule has 11 heteroatoms. The Kier molecular flexibility index (Phi) is 6.07. The number of rotatable bonds is 5. The molecular weight excluding hydrogens is 463 g/mol. The molecule has 3 N–H and O–H groups in total. The largest absolute Gasteiger partial charge is 0.418 e. The van der Waals surface area contributed by atoms with Crippen molar-refractivity contribution < 1.29 is 23.0 Å². The van der Waals surface area contributed by atoms with Gasteiger partial charge in [-0.15, -0.1) is 0 Å². The van der Waals surface area contributed by atoms with Gasteiger partial charge in [0.25, 0.3) is 0 Å². The molecule has 0 bridgehead atoms. The van der Waals surface area contributed by atoms with Gasteiger partial charge in [0.15, 0.2) is 0 Å². The van der Waals surface area contributed by atoms with Crippen molar-refractivity contribution in [1.82, 2.24) is 24.7 Å². The summed E-state index contributed by atoms with van der Waals surface area (Å²) in [5.41, 5.74) is 3.41. The fourth-order valence-corrected chi connectivity index (χ4v) is 5.99. The number of alkyl halides is 3. The molecule has 1 aliphatic carbocycles. The average molecular weight is 498 g/mol. The fourth-order valence-electron chi connectivity index (χ4n) is 5.99. The van der Waals surface area contributed by atoms with Crippen molar-refractivity contribution in [1.29, 1.82) is 0 Å². The number of hydrogen-bond acceptors (Lipinski definition) is 6. The van der Waals surface area contributed by atoms with Crippen LogP contribution in [-0.2, 0) is 16.5 Å². The number of imidazole rings is 1. The van der Waals surface area contributed by atoms with E-state index in [2.05, 4.69) is 22.8 Å². The normalized spacial score (nSPS) is 27.9. The predicted octanol–water partition coefficient (Wildman–Crippen LogP) is 2.81. The van der Waals surface area contributed by atoms with E-state index in [-0.39, 0.29) is 28.7 Å². The molecular formula is C24H34F3N5O3. The molecule has 3 atom stereocenters. The quantitative estimate of drug-likeness (QED) is 0.590. The van der Waals surface area contributed by atoms with Gasteiger partial charge in [-0.3, -0.25) is 13.9 Å². The van der Waals surface area contributed by atoms with Crippen LogP contribution >= 0.6 is 0 Å². The molecule has 2 aliphatic heterocycles. The molecule has 0 radical (unpaired) electrons. The summed E-state index contributed by atoms with van der Waals surface area (Å²) >= 11 is 0. The second-order valence-corrected chi connectivity index (χ2v) is 11.1. The number of hydrogen-bond donors (Lipinski definition) is 3. The van der Waals surface area contributed by atoms with Crippen LogP contribution in [0.2, 0.25) is 0 Å². The number of halogens is 3. The molecule has 194 valence electrons. The van der Waals surface area contributed by atoms with Crippen molar-refractivity contribution in [2.75, 3.05) is 26.9 Å². The number of nitrogens with zero attached hydrogens (tertiary/aromatic N) is 3. The first kappa shape index (κ1) is 24.8. The number of fused-ring (bicyclic) bond motifs is 1. The number of aliphatic hydroxyl groups is 1. The maximum Gasteiger partial charge on any atom is 0.418 e. The Hall–Kier alpha value is -1.92. The van der Waals surface area contributed by atoms with Crippen molar-refractivity contribution in [2.24, 2.45) is 11.3 Å². The van der Waals surface area contributed by atoms with E-state index >= 15 is 0 Å². The molecule has 2 aromatic heterocycles. The Morgan fingerprint density at radius 1 is 1.23 bits per heavy atom. The van der Waals surface area contributed by atoms with Gasteiger partial charge in [0.2, 0.25) is 0 Å². The summed E-state index contributed by atoms with van der Waals surface area (Å²) in [4.78, 5) is 15.6. The zero-order chi connectivity index (χ0) is 25.2. The van der Waals surface area contributed by atoms with Crippen LogP contribution in [0.3, 0.4) is 0 Å². The third-order valence-corrected chi connectivity index (χ3v) is 8.22. The van der Waals surface area contributed by atoms with E-state index in [4.69, 9.17) is 4.74 Å². The molecule has 2 aromatic rings. The fraction of sp³-hybridized carbons (Fsp3) is 0.708. The van der Waals surface area contributed by atoms with Gasteiger partial charge in [-0.2, -0.15) is 13.2 Å². The van der Waals surface area contributed by atoms with Crippen LogP contribution in [0.15, 0.2) is 23.3 Å². The lowest BCUT2D eigenvalue weighted by Gasteiger charge is -2.51. The maximum absolute atomic E-state index is 13.9. The second kappa shape index (κ2) is 8.58. The van der Waals surface area contributed by atoms with Gasteiger partial charge in [-0.05, 0) is 58.6 Å². The monoisotopic (exact) mass is 497 g/mol. The third-order valence-electron chi connectivity index (χ3n) is 8.22. The van der Waals surface area contributed by atoms with Crippen molar-refractivity contribution in [3.63, 3.8) is 0 Å². The Bertz CT molecular complexity index is 1150. The molecule has 1 saturated carbocycles. The first-order chi connectivity index (χ1) is 16.4. The van der Waals surface area contributed by atoms with Gasteiger partial charge >= 0.3 is 11.9 Å². The standard InChI is InChI=1S/C24H34F3N5O3/c1-22(2,34)16-8-18(24(25,26)27)19-11-31(21(33)32(19)10-16)17-6-4-5-15(7-17)23(12-35-13-23)9-20-29-28-14-30(20)3/h8,10-11,15,17,20,28-29,34H,4-7,9,12-14H2,1-3H3. The second-order valence-electron chi connectivity index (χ2n) is 11.1. The predicted molar refractivity (Wildman–Crippen MR) is 123 cm³/mol. The summed E-state index contributed by atoms with van der Waals surface area (Å²) in [6.45, 7) is 4.91. The molecule has 4 heterocycles. The molecule has 35 heavy (non-hydrogen) atoms. The highest BCUT2D eigenvalue weighted by Crippen LogP contribution is 2.49. The van der Waals surface area contributed by atoms with Crippen LogP contribution in [0.4, 0.5) is 13.2 Å². The van der Waals surface area contributed by atoms with E-state index in [1.165, 1.54) is 30.8 Å². The van der Waals surface area contributed by atoms with E-state index in [0.717, 1.165) is 49.2 Å². The minimum absolute atomic E-state index is 0.00933. The van der Waals surface area contributed by atoms with E-state index in [0.29, 0.717) is 19.1 Å². The van der Waals surface area contributed by atoms with Gasteiger partial charge in [-0.1, -0.05) is 6.42 Å². The first-order valence-corrected chi connectivity index (χ1v) is 12.2. The van der Waals surface area contributed by atoms with E-state index in [9.17, 15) is 23.1 Å². The highest BCUT2D eigenvalue weighted by atomic mass is 19.4. The smallest absolute Gasteiger partial charge is 0.386 e. The Balaban J connectivity index is 1.48. The molecule has 2 saturated heterocycles. The molecule has 3 fully saturated rings. The van der Waals surface area contributed by atoms with Gasteiger partial charge in [0.1, 0.15) is 0 Å². The summed E-state index contributed by atoms with van der Waals surface area (Å²) in [6, 6.07) is 0.764. The lowest BCUT2D eigenvalue weighted by Crippen LogP contribution is -2.54. The van der Waals surface area contributed by atoms with Gasteiger partial charge < -0.3 is 9.84 Å². The summed E-state index contributed by atoms with van der Waals surface area (Å²) in [6.07, 6.45) is 2.53. The van der Waals surface area contributed by atoms with Crippen LogP contribution in [-0.4, -0.2) is 52.1 Å². The van der Waals surface area contributed by atoms with Crippen LogP contribution < -0.4 is 16.5 Å². The number of pyridine rings is 1. The molecule has 3 unspecified atom stereocenters. The Morgan fingerprint density at radius 3 is 2.54 bits per heavy atom.